The van der Waals surface area contributed by atoms with Crippen molar-refractivity contribution in [2.75, 3.05) is 6.54 Å². The zero-order valence-corrected chi connectivity index (χ0v) is 10.6. The van der Waals surface area contributed by atoms with E-state index in [1.54, 1.807) is 12.1 Å². The second kappa shape index (κ2) is 5.12. The van der Waals surface area contributed by atoms with Crippen LogP contribution in [0, 0.1) is 0 Å². The Kier molecular flexibility index (Phi) is 3.51. The molecule has 7 nitrogen and oxygen atoms in total. The fraction of sp³-hybridized carbons (Fsp3) is 0.231. The van der Waals surface area contributed by atoms with Crippen molar-refractivity contribution >= 4 is 23.7 Å². The first-order valence-corrected chi connectivity index (χ1v) is 5.90. The molecule has 1 aromatic rings. The van der Waals surface area contributed by atoms with Crippen LogP contribution in [-0.4, -0.2) is 46.3 Å². The van der Waals surface area contributed by atoms with Crippen molar-refractivity contribution in [3.63, 3.8) is 0 Å². The number of rotatable bonds is 4. The predicted molar refractivity (Wildman–Crippen MR) is 67.0 cm³/mol. The summed E-state index contributed by atoms with van der Waals surface area (Å²) in [5.74, 6) is -3.00. The fourth-order valence-corrected chi connectivity index (χ4v) is 1.99. The summed E-state index contributed by atoms with van der Waals surface area (Å²) in [6, 6.07) is 5.21. The van der Waals surface area contributed by atoms with E-state index in [9.17, 15) is 19.2 Å². The summed E-state index contributed by atoms with van der Waals surface area (Å²) in [6.07, 6.45) is 0. The molecule has 7 heteroatoms. The number of benzene rings is 1. The highest BCUT2D eigenvalue weighted by atomic mass is 16.4. The number of carboxylic acids is 1. The monoisotopic (exact) mass is 276 g/mol. The number of imide groups is 1. The van der Waals surface area contributed by atoms with Crippen molar-refractivity contribution < 1.29 is 24.3 Å². The van der Waals surface area contributed by atoms with Gasteiger partial charge < -0.3 is 10.4 Å². The molecule has 0 saturated carbocycles. The minimum absolute atomic E-state index is 0.246. The van der Waals surface area contributed by atoms with Crippen LogP contribution in [-0.2, 0) is 9.59 Å². The van der Waals surface area contributed by atoms with E-state index in [0.29, 0.717) is 0 Å². The number of hydrogen-bond donors (Lipinski definition) is 2. The minimum atomic E-state index is -1.20. The van der Waals surface area contributed by atoms with Gasteiger partial charge in [-0.25, -0.2) is 0 Å². The summed E-state index contributed by atoms with van der Waals surface area (Å²) in [5, 5.41) is 10.6. The molecule has 0 radical (unpaired) electrons. The normalized spacial score (nSPS) is 14.9. The van der Waals surface area contributed by atoms with Crippen molar-refractivity contribution in [2.24, 2.45) is 0 Å². The van der Waals surface area contributed by atoms with E-state index < -0.39 is 36.3 Å². The van der Waals surface area contributed by atoms with Gasteiger partial charge >= 0.3 is 5.97 Å². The number of carbonyl (C=O) groups excluding carboxylic acids is 3. The average Bonchev–Trinajstić information content (AvgIpc) is 2.68. The van der Waals surface area contributed by atoms with E-state index in [4.69, 9.17) is 5.11 Å². The largest absolute Gasteiger partial charge is 0.480 e. The van der Waals surface area contributed by atoms with Crippen molar-refractivity contribution in [3.05, 3.63) is 35.4 Å². The Hall–Kier alpha value is -2.70. The molecular formula is C13H12N2O5. The lowest BCUT2D eigenvalue weighted by atomic mass is 10.1. The van der Waals surface area contributed by atoms with Gasteiger partial charge in [-0.2, -0.15) is 0 Å². The van der Waals surface area contributed by atoms with Gasteiger partial charge in [0.15, 0.2) is 0 Å². The molecule has 0 bridgehead atoms. The van der Waals surface area contributed by atoms with E-state index in [1.807, 2.05) is 0 Å². The van der Waals surface area contributed by atoms with E-state index >= 15 is 0 Å². The molecule has 0 spiro atoms. The van der Waals surface area contributed by atoms with E-state index in [0.717, 1.165) is 4.90 Å². The Morgan fingerprint density at radius 2 is 1.70 bits per heavy atom. The number of amides is 3. The summed E-state index contributed by atoms with van der Waals surface area (Å²) in [4.78, 5) is 47.2. The second-order valence-electron chi connectivity index (χ2n) is 4.31. The Labute approximate surface area is 114 Å². The highest BCUT2D eigenvalue weighted by Crippen LogP contribution is 2.24. The van der Waals surface area contributed by atoms with Crippen LogP contribution in [0.3, 0.4) is 0 Å². The molecule has 1 atom stereocenters. The quantitative estimate of drug-likeness (QED) is 0.746. The molecule has 0 aromatic heterocycles. The Bertz CT molecular complexity index is 576. The molecule has 1 aliphatic rings. The lowest BCUT2D eigenvalue weighted by molar-refractivity contribution is -0.138. The summed E-state index contributed by atoms with van der Waals surface area (Å²) in [6.45, 7) is 0.811. The fourth-order valence-electron chi connectivity index (χ4n) is 1.99. The van der Waals surface area contributed by atoms with E-state index in [1.165, 1.54) is 19.1 Å². The van der Waals surface area contributed by atoms with Gasteiger partial charge in [0, 0.05) is 0 Å². The Morgan fingerprint density at radius 1 is 1.20 bits per heavy atom. The first kappa shape index (κ1) is 13.7. The molecule has 1 unspecified atom stereocenters. The molecule has 2 rings (SSSR count). The van der Waals surface area contributed by atoms with Crippen molar-refractivity contribution in [2.45, 2.75) is 13.0 Å². The molecule has 2 N–H and O–H groups in total. The van der Waals surface area contributed by atoms with Gasteiger partial charge in [-0.05, 0) is 19.1 Å². The number of carboxylic acid groups (broad SMARTS) is 1. The molecule has 104 valence electrons. The summed E-state index contributed by atoms with van der Waals surface area (Å²) >= 11 is 0. The van der Waals surface area contributed by atoms with Gasteiger partial charge in [0.05, 0.1) is 11.1 Å². The molecule has 20 heavy (non-hydrogen) atoms. The number of nitrogens with one attached hydrogen (secondary N) is 1. The molecule has 0 fully saturated rings. The highest BCUT2D eigenvalue weighted by molar-refractivity contribution is 6.22. The van der Waals surface area contributed by atoms with E-state index in [-0.39, 0.29) is 11.1 Å². The van der Waals surface area contributed by atoms with Crippen LogP contribution in [0.2, 0.25) is 0 Å². The third-order valence-corrected chi connectivity index (χ3v) is 3.01. The van der Waals surface area contributed by atoms with Crippen molar-refractivity contribution in [3.8, 4) is 0 Å². The number of aliphatic carboxylic acids is 1. The number of fused-ring (bicyclic) bond motifs is 1. The maximum Gasteiger partial charge on any atom is 0.322 e. The Morgan fingerprint density at radius 3 is 2.15 bits per heavy atom. The van der Waals surface area contributed by atoms with Crippen molar-refractivity contribution in [1.82, 2.24) is 10.2 Å². The highest BCUT2D eigenvalue weighted by Gasteiger charge is 2.40. The van der Waals surface area contributed by atoms with Gasteiger partial charge in [-0.3, -0.25) is 24.1 Å². The molecule has 0 saturated heterocycles. The van der Waals surface area contributed by atoms with Gasteiger partial charge in [-0.1, -0.05) is 12.1 Å². The van der Waals surface area contributed by atoms with Crippen LogP contribution in [0.4, 0.5) is 0 Å². The lowest BCUT2D eigenvalue weighted by Crippen LogP contribution is -2.48. The smallest absolute Gasteiger partial charge is 0.322 e. The summed E-state index contributed by atoms with van der Waals surface area (Å²) in [7, 11) is 0. The summed E-state index contributed by atoms with van der Waals surface area (Å²) < 4.78 is 0. The average molecular weight is 276 g/mol. The minimum Gasteiger partial charge on any atom is -0.480 e. The number of nitrogens with zero attached hydrogens (tertiary/aromatic N) is 1. The molecule has 3 amide bonds. The molecular weight excluding hydrogens is 264 g/mol. The van der Waals surface area contributed by atoms with Gasteiger partial charge in [0.25, 0.3) is 11.8 Å². The zero-order chi connectivity index (χ0) is 14.9. The SMILES string of the molecule is CC(C(=O)NCC(=O)O)N1C(=O)c2ccccc2C1=O. The topological polar surface area (TPSA) is 104 Å². The van der Waals surface area contributed by atoms with Crippen LogP contribution in [0.25, 0.3) is 0 Å². The lowest BCUT2D eigenvalue weighted by Gasteiger charge is -2.21. The van der Waals surface area contributed by atoms with Crippen LogP contribution < -0.4 is 5.32 Å². The molecule has 1 aliphatic heterocycles. The van der Waals surface area contributed by atoms with Crippen LogP contribution in [0.5, 0.6) is 0 Å². The molecule has 0 aliphatic carbocycles. The Balaban J connectivity index is 2.19. The second-order valence-corrected chi connectivity index (χ2v) is 4.31. The standard InChI is InChI=1S/C13H12N2O5/c1-7(11(18)14-6-10(16)17)15-12(19)8-4-2-3-5-9(8)13(15)20/h2-5,7H,6H2,1H3,(H,14,18)(H,16,17). The van der Waals surface area contributed by atoms with Crippen LogP contribution >= 0.6 is 0 Å². The third kappa shape index (κ3) is 2.25. The number of carbonyl (C=O) groups is 4. The number of hydrogen-bond acceptors (Lipinski definition) is 4. The van der Waals surface area contributed by atoms with Gasteiger partial charge in [0.1, 0.15) is 12.6 Å². The maximum absolute atomic E-state index is 12.1. The first-order chi connectivity index (χ1) is 9.43. The summed E-state index contributed by atoms with van der Waals surface area (Å²) in [5.41, 5.74) is 0.491. The third-order valence-electron chi connectivity index (χ3n) is 3.01. The van der Waals surface area contributed by atoms with Crippen LogP contribution in [0.1, 0.15) is 27.6 Å². The predicted octanol–water partition coefficient (Wildman–Crippen LogP) is -0.128. The molecule has 1 aromatic carbocycles. The zero-order valence-electron chi connectivity index (χ0n) is 10.6. The van der Waals surface area contributed by atoms with Crippen LogP contribution in [0.15, 0.2) is 24.3 Å². The first-order valence-electron chi connectivity index (χ1n) is 5.90. The van der Waals surface area contributed by atoms with Crippen molar-refractivity contribution in [1.29, 1.82) is 0 Å². The van der Waals surface area contributed by atoms with Gasteiger partial charge in [-0.15, -0.1) is 0 Å². The van der Waals surface area contributed by atoms with Gasteiger partial charge in [0.2, 0.25) is 5.91 Å². The maximum atomic E-state index is 12.1. The van der Waals surface area contributed by atoms with E-state index in [2.05, 4.69) is 5.32 Å². The molecule has 1 heterocycles.